The number of halogens is 1. The molecule has 218 valence electrons. The molecule has 0 aliphatic rings. The topological polar surface area (TPSA) is 63.3 Å². The summed E-state index contributed by atoms with van der Waals surface area (Å²) in [7, 11) is 0. The van der Waals surface area contributed by atoms with Crippen LogP contribution in [0.25, 0.3) is 44.4 Å². The largest absolute Gasteiger partial charge is 0.493 e. The molecule has 0 aliphatic heterocycles. The molecule has 0 fully saturated rings. The second-order valence-electron chi connectivity index (χ2n) is 10.1. The Bertz CT molecular complexity index is 2090. The van der Waals surface area contributed by atoms with Gasteiger partial charge in [-0.25, -0.2) is 14.1 Å². The molecule has 0 N–H and O–H groups in total. The van der Waals surface area contributed by atoms with Crippen LogP contribution in [0.15, 0.2) is 116 Å². The number of rotatable bonds is 9. The average Bonchev–Trinajstić information content (AvgIpc) is 3.65. The maximum Gasteiger partial charge on any atom is 0.140 e. The molecule has 0 saturated heterocycles. The predicted octanol–water partition coefficient (Wildman–Crippen LogP) is 8.76. The normalized spacial score (nSPS) is 11.2. The first kappa shape index (κ1) is 27.2. The van der Waals surface area contributed by atoms with E-state index in [1.54, 1.807) is 10.9 Å². The molecular formula is C36H29FN4O3. The van der Waals surface area contributed by atoms with E-state index in [1.807, 2.05) is 103 Å². The molecule has 4 aromatic carbocycles. The van der Waals surface area contributed by atoms with E-state index in [4.69, 9.17) is 14.2 Å². The molecule has 7 nitrogen and oxygen atoms in total. The fraction of sp³-hybridized carbons (Fsp3) is 0.111. The number of fused-ring (bicyclic) bond motifs is 3. The highest BCUT2D eigenvalue weighted by Gasteiger charge is 2.17. The molecule has 44 heavy (non-hydrogen) atoms. The minimum atomic E-state index is -0.345. The summed E-state index contributed by atoms with van der Waals surface area (Å²) in [6.07, 6.45) is 5.24. The van der Waals surface area contributed by atoms with Crippen molar-refractivity contribution in [1.82, 2.24) is 19.3 Å². The third-order valence-corrected chi connectivity index (χ3v) is 7.36. The maximum absolute atomic E-state index is 14.2. The van der Waals surface area contributed by atoms with Crippen molar-refractivity contribution in [3.8, 4) is 45.6 Å². The van der Waals surface area contributed by atoms with Gasteiger partial charge in [-0.05, 0) is 62.4 Å². The van der Waals surface area contributed by atoms with Gasteiger partial charge in [0.05, 0.1) is 41.7 Å². The fourth-order valence-electron chi connectivity index (χ4n) is 5.54. The first-order valence-corrected chi connectivity index (χ1v) is 14.5. The molecule has 0 bridgehead atoms. The van der Waals surface area contributed by atoms with Crippen molar-refractivity contribution >= 4 is 21.8 Å². The summed E-state index contributed by atoms with van der Waals surface area (Å²) < 4.78 is 36.2. The molecule has 8 heteroatoms. The van der Waals surface area contributed by atoms with E-state index in [2.05, 4.69) is 16.1 Å². The lowest BCUT2D eigenvalue weighted by atomic mass is 10.1. The number of hydrogen-bond donors (Lipinski definition) is 0. The average molecular weight is 585 g/mol. The van der Waals surface area contributed by atoms with Crippen LogP contribution in [0, 0.1) is 5.82 Å². The van der Waals surface area contributed by atoms with Crippen molar-refractivity contribution in [2.75, 3.05) is 13.2 Å². The lowest BCUT2D eigenvalue weighted by Crippen LogP contribution is -1.99. The van der Waals surface area contributed by atoms with Gasteiger partial charge in [-0.2, -0.15) is 5.10 Å². The van der Waals surface area contributed by atoms with Crippen LogP contribution < -0.4 is 14.2 Å². The first-order valence-electron chi connectivity index (χ1n) is 14.5. The summed E-state index contributed by atoms with van der Waals surface area (Å²) in [5, 5.41) is 6.71. The Hall–Kier alpha value is -5.63. The smallest absolute Gasteiger partial charge is 0.140 e. The summed E-state index contributed by atoms with van der Waals surface area (Å²) in [4.78, 5) is 4.45. The van der Waals surface area contributed by atoms with Crippen molar-refractivity contribution in [1.29, 1.82) is 0 Å². The van der Waals surface area contributed by atoms with Gasteiger partial charge in [-0.3, -0.25) is 4.57 Å². The third kappa shape index (κ3) is 5.00. The van der Waals surface area contributed by atoms with Gasteiger partial charge >= 0.3 is 0 Å². The second kappa shape index (κ2) is 11.6. The van der Waals surface area contributed by atoms with E-state index in [0.717, 1.165) is 50.1 Å². The van der Waals surface area contributed by atoms with Crippen LogP contribution >= 0.6 is 0 Å². The van der Waals surface area contributed by atoms with E-state index in [9.17, 15) is 4.39 Å². The number of nitrogens with zero attached hydrogens (tertiary/aromatic N) is 4. The van der Waals surface area contributed by atoms with Gasteiger partial charge in [0.25, 0.3) is 0 Å². The van der Waals surface area contributed by atoms with Crippen molar-refractivity contribution in [2.45, 2.75) is 13.8 Å². The van der Waals surface area contributed by atoms with Gasteiger partial charge in [0, 0.05) is 46.9 Å². The zero-order valence-electron chi connectivity index (χ0n) is 24.3. The Labute approximate surface area is 253 Å². The highest BCUT2D eigenvalue weighted by atomic mass is 19.1. The molecule has 0 spiro atoms. The fourth-order valence-corrected chi connectivity index (χ4v) is 5.54. The Morgan fingerprint density at radius 2 is 1.48 bits per heavy atom. The van der Waals surface area contributed by atoms with Crippen LogP contribution in [-0.2, 0) is 0 Å². The van der Waals surface area contributed by atoms with Gasteiger partial charge in [-0.1, -0.05) is 30.3 Å². The number of hydrogen-bond acceptors (Lipinski definition) is 5. The van der Waals surface area contributed by atoms with Crippen LogP contribution in [0.1, 0.15) is 13.8 Å². The lowest BCUT2D eigenvalue weighted by molar-refractivity contribution is 0.326. The molecule has 0 atom stereocenters. The standard InChI is InChI=1S/C36H29FN4O3/c1-3-42-33-13-8-14-34(43-4-2)36(33)24-22-39-40(23-24)26-9-7-10-27(20-26)44-28-15-16-30-29-11-5-6-12-31(29)41(32(30)21-28)35-19-25(37)17-18-38-35/h5-23H,3-4H2,1-2H3. The maximum atomic E-state index is 14.2. The van der Waals surface area contributed by atoms with Crippen LogP contribution in [0.3, 0.4) is 0 Å². The minimum absolute atomic E-state index is 0.345. The van der Waals surface area contributed by atoms with E-state index in [0.29, 0.717) is 30.5 Å². The van der Waals surface area contributed by atoms with Gasteiger partial charge < -0.3 is 14.2 Å². The van der Waals surface area contributed by atoms with Crippen LogP contribution in [-0.4, -0.2) is 32.5 Å². The molecule has 0 saturated carbocycles. The number of pyridine rings is 1. The summed E-state index contributed by atoms with van der Waals surface area (Å²) >= 11 is 0. The van der Waals surface area contributed by atoms with Gasteiger partial charge in [0.2, 0.25) is 0 Å². The molecule has 3 aromatic heterocycles. The Balaban J connectivity index is 1.23. The number of aromatic nitrogens is 4. The Morgan fingerprint density at radius 3 is 2.27 bits per heavy atom. The van der Waals surface area contributed by atoms with E-state index >= 15 is 0 Å². The number of ether oxygens (including phenoxy) is 3. The van der Waals surface area contributed by atoms with E-state index in [-0.39, 0.29) is 5.82 Å². The summed E-state index contributed by atoms with van der Waals surface area (Å²) in [5.41, 5.74) is 4.39. The van der Waals surface area contributed by atoms with E-state index < -0.39 is 0 Å². The minimum Gasteiger partial charge on any atom is -0.493 e. The van der Waals surface area contributed by atoms with Crippen molar-refractivity contribution in [3.63, 3.8) is 0 Å². The van der Waals surface area contributed by atoms with Crippen molar-refractivity contribution in [2.24, 2.45) is 0 Å². The van der Waals surface area contributed by atoms with Crippen molar-refractivity contribution in [3.05, 3.63) is 121 Å². The van der Waals surface area contributed by atoms with E-state index in [1.165, 1.54) is 18.3 Å². The van der Waals surface area contributed by atoms with Gasteiger partial charge in [0.1, 0.15) is 34.6 Å². The summed E-state index contributed by atoms with van der Waals surface area (Å²) in [6.45, 7) is 5.01. The molecule has 7 rings (SSSR count). The SMILES string of the molecule is CCOc1cccc(OCC)c1-c1cnn(-c2cccc(Oc3ccc4c5ccccc5n(-c5cc(F)ccn5)c4c3)c2)c1. The highest BCUT2D eigenvalue weighted by Crippen LogP contribution is 2.39. The quantitative estimate of drug-likeness (QED) is 0.170. The highest BCUT2D eigenvalue weighted by molar-refractivity contribution is 6.09. The van der Waals surface area contributed by atoms with Crippen LogP contribution in [0.2, 0.25) is 0 Å². The first-order chi connectivity index (χ1) is 21.6. The zero-order valence-corrected chi connectivity index (χ0v) is 24.3. The molecular weight excluding hydrogens is 555 g/mol. The van der Waals surface area contributed by atoms with Crippen molar-refractivity contribution < 1.29 is 18.6 Å². The lowest BCUT2D eigenvalue weighted by Gasteiger charge is -2.14. The Kier molecular flexibility index (Phi) is 7.16. The molecule has 0 radical (unpaired) electrons. The molecule has 0 unspecified atom stereocenters. The number of benzene rings is 4. The molecule has 0 aliphatic carbocycles. The van der Waals surface area contributed by atoms with Gasteiger partial charge in [0.15, 0.2) is 0 Å². The monoisotopic (exact) mass is 584 g/mol. The number of para-hydroxylation sites is 1. The molecule has 3 heterocycles. The van der Waals surface area contributed by atoms with Crippen LogP contribution in [0.4, 0.5) is 4.39 Å². The molecule has 0 amide bonds. The second-order valence-corrected chi connectivity index (χ2v) is 10.1. The van der Waals surface area contributed by atoms with Crippen LogP contribution in [0.5, 0.6) is 23.0 Å². The Morgan fingerprint density at radius 1 is 0.727 bits per heavy atom. The predicted molar refractivity (Wildman–Crippen MR) is 170 cm³/mol. The summed E-state index contributed by atoms with van der Waals surface area (Å²) in [6, 6.07) is 30.3. The molecule has 7 aromatic rings. The zero-order chi connectivity index (χ0) is 30.0. The summed E-state index contributed by atoms with van der Waals surface area (Å²) in [5.74, 6) is 2.94. The van der Waals surface area contributed by atoms with Gasteiger partial charge in [-0.15, -0.1) is 0 Å². The third-order valence-electron chi connectivity index (χ3n) is 7.36.